The number of benzene rings is 1. The zero-order valence-electron chi connectivity index (χ0n) is 12.9. The molecule has 2 bridgehead atoms. The van der Waals surface area contributed by atoms with Gasteiger partial charge in [0.1, 0.15) is 10.7 Å². The summed E-state index contributed by atoms with van der Waals surface area (Å²) in [5.41, 5.74) is 1.91. The summed E-state index contributed by atoms with van der Waals surface area (Å²) in [6.45, 7) is 1.84. The number of hydrogen-bond donors (Lipinski definition) is 0. The summed E-state index contributed by atoms with van der Waals surface area (Å²) >= 11 is 1.19. The fourth-order valence-electron chi connectivity index (χ4n) is 4.06. The van der Waals surface area contributed by atoms with Gasteiger partial charge in [-0.3, -0.25) is 4.79 Å². The Morgan fingerprint density at radius 3 is 2.43 bits per heavy atom. The maximum atomic E-state index is 13.1. The van der Waals surface area contributed by atoms with Crippen LogP contribution in [0.5, 0.6) is 0 Å². The van der Waals surface area contributed by atoms with Crippen molar-refractivity contribution in [3.05, 3.63) is 46.2 Å². The van der Waals surface area contributed by atoms with E-state index in [2.05, 4.69) is 14.5 Å². The third kappa shape index (κ3) is 2.55. The number of piperidine rings is 1. The van der Waals surface area contributed by atoms with E-state index < -0.39 is 0 Å². The summed E-state index contributed by atoms with van der Waals surface area (Å²) in [6, 6.07) is 7.38. The Balaban J connectivity index is 1.55. The van der Waals surface area contributed by atoms with Gasteiger partial charge < -0.3 is 4.90 Å². The van der Waals surface area contributed by atoms with Crippen LogP contribution in [0, 0.1) is 12.7 Å². The molecule has 120 valence electrons. The third-order valence-corrected chi connectivity index (χ3v) is 5.97. The number of hydrogen-bond acceptors (Lipinski definition) is 4. The van der Waals surface area contributed by atoms with Crippen molar-refractivity contribution in [2.24, 2.45) is 0 Å². The summed E-state index contributed by atoms with van der Waals surface area (Å²) in [7, 11) is 0. The lowest BCUT2D eigenvalue weighted by atomic mass is 9.85. The smallest absolute Gasteiger partial charge is 0.268 e. The highest BCUT2D eigenvalue weighted by molar-refractivity contribution is 7.07. The molecule has 2 atom stereocenters. The first-order chi connectivity index (χ1) is 11.1. The molecule has 0 radical (unpaired) electrons. The minimum absolute atomic E-state index is 0.0857. The maximum absolute atomic E-state index is 13.1. The van der Waals surface area contributed by atoms with Crippen molar-refractivity contribution in [2.75, 3.05) is 0 Å². The molecule has 3 heterocycles. The third-order valence-electron chi connectivity index (χ3n) is 5.15. The minimum Gasteiger partial charge on any atom is -0.332 e. The number of carbonyl (C=O) groups excluding carboxylic acids is 1. The van der Waals surface area contributed by atoms with Crippen molar-refractivity contribution < 1.29 is 9.18 Å². The highest BCUT2D eigenvalue weighted by Crippen LogP contribution is 2.43. The van der Waals surface area contributed by atoms with E-state index in [0.717, 1.165) is 31.4 Å². The predicted octanol–water partition coefficient (Wildman–Crippen LogP) is 3.54. The van der Waals surface area contributed by atoms with Crippen LogP contribution in [0.2, 0.25) is 0 Å². The van der Waals surface area contributed by atoms with Crippen molar-refractivity contribution in [3.8, 4) is 0 Å². The zero-order chi connectivity index (χ0) is 16.0. The van der Waals surface area contributed by atoms with E-state index in [9.17, 15) is 9.18 Å². The molecule has 23 heavy (non-hydrogen) atoms. The van der Waals surface area contributed by atoms with E-state index in [4.69, 9.17) is 0 Å². The lowest BCUT2D eigenvalue weighted by Gasteiger charge is -2.39. The first-order valence-electron chi connectivity index (χ1n) is 8.00. The Hall–Kier alpha value is -1.82. The van der Waals surface area contributed by atoms with E-state index in [1.807, 2.05) is 19.1 Å². The summed E-state index contributed by atoms with van der Waals surface area (Å²) < 4.78 is 17.0. The molecule has 1 amide bonds. The zero-order valence-corrected chi connectivity index (χ0v) is 13.7. The Bertz CT molecular complexity index is 716. The normalized spacial score (nSPS) is 26.5. The molecule has 2 fully saturated rings. The number of rotatable bonds is 2. The van der Waals surface area contributed by atoms with Gasteiger partial charge in [-0.25, -0.2) is 4.39 Å². The number of aromatic nitrogens is 2. The van der Waals surface area contributed by atoms with Crippen LogP contribution in [0.3, 0.4) is 0 Å². The lowest BCUT2D eigenvalue weighted by Crippen LogP contribution is -2.46. The molecular formula is C17H18FN3OS. The average Bonchev–Trinajstić information content (AvgIpc) is 3.08. The van der Waals surface area contributed by atoms with Crippen molar-refractivity contribution in [1.82, 2.24) is 14.5 Å². The molecule has 6 heteroatoms. The Labute approximate surface area is 138 Å². The number of halogens is 1. The summed E-state index contributed by atoms with van der Waals surface area (Å²) in [5.74, 6) is 0.304. The van der Waals surface area contributed by atoms with Crippen LogP contribution in [0.4, 0.5) is 4.39 Å². The first-order valence-corrected chi connectivity index (χ1v) is 8.78. The van der Waals surface area contributed by atoms with Crippen LogP contribution in [0.15, 0.2) is 24.3 Å². The molecule has 0 saturated carbocycles. The number of amides is 1. The van der Waals surface area contributed by atoms with E-state index in [-0.39, 0.29) is 23.8 Å². The van der Waals surface area contributed by atoms with Gasteiger partial charge >= 0.3 is 0 Å². The fraction of sp³-hybridized carbons (Fsp3) is 0.471. The Kier molecular flexibility index (Phi) is 3.64. The summed E-state index contributed by atoms with van der Waals surface area (Å²) in [6.07, 6.45) is 4.02. The predicted molar refractivity (Wildman–Crippen MR) is 86.0 cm³/mol. The monoisotopic (exact) mass is 331 g/mol. The van der Waals surface area contributed by atoms with Crippen molar-refractivity contribution in [3.63, 3.8) is 0 Å². The second kappa shape index (κ2) is 5.67. The average molecular weight is 331 g/mol. The van der Waals surface area contributed by atoms with Gasteiger partial charge in [0, 0.05) is 12.1 Å². The minimum atomic E-state index is -0.197. The summed E-state index contributed by atoms with van der Waals surface area (Å²) in [5, 5.41) is 3.96. The number of nitrogens with zero attached hydrogens (tertiary/aromatic N) is 3. The van der Waals surface area contributed by atoms with Crippen LogP contribution >= 0.6 is 11.5 Å². The van der Waals surface area contributed by atoms with Crippen molar-refractivity contribution in [1.29, 1.82) is 0 Å². The van der Waals surface area contributed by atoms with Gasteiger partial charge in [0.05, 0.1) is 5.69 Å². The van der Waals surface area contributed by atoms with E-state index >= 15 is 0 Å². The largest absolute Gasteiger partial charge is 0.332 e. The lowest BCUT2D eigenvalue weighted by molar-refractivity contribution is 0.0575. The molecule has 2 saturated heterocycles. The van der Waals surface area contributed by atoms with Crippen LogP contribution in [-0.4, -0.2) is 32.5 Å². The van der Waals surface area contributed by atoms with Gasteiger partial charge in [0.15, 0.2) is 0 Å². The van der Waals surface area contributed by atoms with Gasteiger partial charge in [0.25, 0.3) is 5.91 Å². The molecule has 4 nitrogen and oxygen atoms in total. The van der Waals surface area contributed by atoms with Gasteiger partial charge in [-0.15, -0.1) is 5.10 Å². The highest BCUT2D eigenvalue weighted by Gasteiger charge is 2.44. The molecule has 0 aliphatic carbocycles. The number of carbonyl (C=O) groups is 1. The molecule has 0 unspecified atom stereocenters. The molecule has 0 N–H and O–H groups in total. The van der Waals surface area contributed by atoms with Gasteiger partial charge in [-0.1, -0.05) is 16.6 Å². The quantitative estimate of drug-likeness (QED) is 0.845. The molecule has 1 aromatic heterocycles. The SMILES string of the molecule is Cc1nnsc1C(=O)N1[C@@H]2CC[C@@H]1CC(c1ccc(F)cc1)C2. The topological polar surface area (TPSA) is 46.1 Å². The van der Waals surface area contributed by atoms with Crippen molar-refractivity contribution >= 4 is 17.4 Å². The highest BCUT2D eigenvalue weighted by atomic mass is 32.1. The van der Waals surface area contributed by atoms with Crippen LogP contribution in [-0.2, 0) is 0 Å². The number of fused-ring (bicyclic) bond motifs is 2. The maximum Gasteiger partial charge on any atom is 0.268 e. The van der Waals surface area contributed by atoms with Crippen molar-refractivity contribution in [2.45, 2.75) is 50.6 Å². The molecule has 0 spiro atoms. The van der Waals surface area contributed by atoms with Gasteiger partial charge in [-0.2, -0.15) is 0 Å². The molecule has 2 aliphatic rings. The van der Waals surface area contributed by atoms with Crippen LogP contribution in [0.25, 0.3) is 0 Å². The fourth-order valence-corrected chi connectivity index (χ4v) is 4.66. The van der Waals surface area contributed by atoms with E-state index in [0.29, 0.717) is 10.8 Å². The van der Waals surface area contributed by atoms with Gasteiger partial charge in [-0.05, 0) is 67.8 Å². The summed E-state index contributed by atoms with van der Waals surface area (Å²) in [4.78, 5) is 15.6. The second-order valence-corrected chi connectivity index (χ2v) is 7.26. The standard InChI is InChI=1S/C17H18FN3OS/c1-10-16(23-20-19-10)17(22)21-14-6-7-15(21)9-12(8-14)11-2-4-13(18)5-3-11/h2-5,12,14-15H,6-9H2,1H3/t14-,15-/m1/s1. The van der Waals surface area contributed by atoms with Gasteiger partial charge in [0.2, 0.25) is 0 Å². The Morgan fingerprint density at radius 2 is 1.87 bits per heavy atom. The first kappa shape index (κ1) is 14.8. The van der Waals surface area contributed by atoms with E-state index in [1.54, 1.807) is 0 Å². The molecular weight excluding hydrogens is 313 g/mol. The molecule has 4 rings (SSSR count). The van der Waals surface area contributed by atoms with Crippen LogP contribution in [0.1, 0.15) is 52.5 Å². The second-order valence-electron chi connectivity index (χ2n) is 6.50. The van der Waals surface area contributed by atoms with E-state index in [1.165, 1.54) is 29.2 Å². The Morgan fingerprint density at radius 1 is 1.22 bits per heavy atom. The molecule has 2 aliphatic heterocycles. The number of aryl methyl sites for hydroxylation is 1. The molecule has 2 aromatic rings. The molecule has 1 aromatic carbocycles. The van der Waals surface area contributed by atoms with Crippen LogP contribution < -0.4 is 0 Å².